The molecule has 1 fully saturated rings. The van der Waals surface area contributed by atoms with Crippen molar-refractivity contribution >= 4 is 11.4 Å². The van der Waals surface area contributed by atoms with E-state index in [4.69, 9.17) is 4.74 Å². The van der Waals surface area contributed by atoms with E-state index in [2.05, 4.69) is 11.8 Å². The molecule has 6 heteroatoms. The fraction of sp³-hybridized carbons (Fsp3) is 0.600. The SMILES string of the molecule is CCCOC1CCCN(c2ccc([N+](=O)[O-])cc2CO)C1. The average Bonchev–Trinajstić information content (AvgIpc) is 2.52. The van der Waals surface area contributed by atoms with Crippen LogP contribution < -0.4 is 4.90 Å². The molecule has 21 heavy (non-hydrogen) atoms. The van der Waals surface area contributed by atoms with Crippen molar-refractivity contribution in [2.24, 2.45) is 0 Å². The summed E-state index contributed by atoms with van der Waals surface area (Å²) in [5, 5.41) is 20.3. The van der Waals surface area contributed by atoms with Crippen LogP contribution in [0.4, 0.5) is 11.4 Å². The highest BCUT2D eigenvalue weighted by Gasteiger charge is 2.23. The third-order valence-electron chi connectivity index (χ3n) is 3.72. The van der Waals surface area contributed by atoms with Crippen molar-refractivity contribution in [1.29, 1.82) is 0 Å². The molecular weight excluding hydrogens is 272 g/mol. The van der Waals surface area contributed by atoms with Crippen LogP contribution in [0.5, 0.6) is 0 Å². The van der Waals surface area contributed by atoms with Gasteiger partial charge in [0.2, 0.25) is 0 Å². The standard InChI is InChI=1S/C15H22N2O4/c1-2-8-21-14-4-3-7-16(10-14)15-6-5-13(17(19)20)9-12(15)11-18/h5-6,9,14,18H,2-4,7-8,10-11H2,1H3. The largest absolute Gasteiger partial charge is 0.392 e. The molecule has 0 amide bonds. The van der Waals surface area contributed by atoms with E-state index in [-0.39, 0.29) is 18.4 Å². The number of nitrogens with zero attached hydrogens (tertiary/aromatic N) is 2. The molecule has 1 atom stereocenters. The molecule has 6 nitrogen and oxygen atoms in total. The number of ether oxygens (including phenoxy) is 1. The van der Waals surface area contributed by atoms with E-state index in [0.29, 0.717) is 5.56 Å². The molecule has 1 heterocycles. The maximum Gasteiger partial charge on any atom is 0.269 e. The minimum absolute atomic E-state index is 0.0126. The first-order valence-corrected chi connectivity index (χ1v) is 7.40. The lowest BCUT2D eigenvalue weighted by Gasteiger charge is -2.35. The average molecular weight is 294 g/mol. The first-order chi connectivity index (χ1) is 10.2. The fourth-order valence-corrected chi connectivity index (χ4v) is 2.70. The smallest absolute Gasteiger partial charge is 0.269 e. The highest BCUT2D eigenvalue weighted by Crippen LogP contribution is 2.28. The Morgan fingerprint density at radius 1 is 1.52 bits per heavy atom. The van der Waals surface area contributed by atoms with Gasteiger partial charge in [-0.05, 0) is 25.3 Å². The summed E-state index contributed by atoms with van der Waals surface area (Å²) >= 11 is 0. The van der Waals surface area contributed by atoms with Gasteiger partial charge in [0.05, 0.1) is 17.6 Å². The lowest BCUT2D eigenvalue weighted by Crippen LogP contribution is -2.40. The van der Waals surface area contributed by atoms with Gasteiger partial charge in [0, 0.05) is 43.1 Å². The number of aliphatic hydroxyl groups excluding tert-OH is 1. The third kappa shape index (κ3) is 3.92. The number of aliphatic hydroxyl groups is 1. The first-order valence-electron chi connectivity index (χ1n) is 7.40. The Morgan fingerprint density at radius 3 is 3.00 bits per heavy atom. The van der Waals surface area contributed by atoms with Gasteiger partial charge in [0.1, 0.15) is 0 Å². The second-order valence-corrected chi connectivity index (χ2v) is 5.31. The van der Waals surface area contributed by atoms with Crippen LogP contribution in [-0.2, 0) is 11.3 Å². The Hall–Kier alpha value is -1.66. The molecule has 0 aliphatic carbocycles. The van der Waals surface area contributed by atoms with Gasteiger partial charge in [-0.25, -0.2) is 0 Å². The van der Waals surface area contributed by atoms with Crippen LogP contribution in [0.25, 0.3) is 0 Å². The zero-order valence-corrected chi connectivity index (χ0v) is 12.3. The van der Waals surface area contributed by atoms with Gasteiger partial charge in [0.15, 0.2) is 0 Å². The molecule has 1 unspecified atom stereocenters. The number of nitro benzene ring substituents is 1. The van der Waals surface area contributed by atoms with Gasteiger partial charge in [0.25, 0.3) is 5.69 Å². The number of hydrogen-bond acceptors (Lipinski definition) is 5. The molecule has 1 aliphatic rings. The molecule has 0 saturated carbocycles. The molecular formula is C15H22N2O4. The third-order valence-corrected chi connectivity index (χ3v) is 3.72. The number of anilines is 1. The summed E-state index contributed by atoms with van der Waals surface area (Å²) in [6, 6.07) is 4.67. The molecule has 0 aromatic heterocycles. The molecule has 0 bridgehead atoms. The van der Waals surface area contributed by atoms with Crippen molar-refractivity contribution in [1.82, 2.24) is 0 Å². The highest BCUT2D eigenvalue weighted by atomic mass is 16.6. The zero-order valence-electron chi connectivity index (χ0n) is 12.3. The van der Waals surface area contributed by atoms with Crippen LogP contribution >= 0.6 is 0 Å². The number of hydrogen-bond donors (Lipinski definition) is 1. The first kappa shape index (κ1) is 15.7. The number of benzene rings is 1. The van der Waals surface area contributed by atoms with Crippen molar-refractivity contribution in [2.75, 3.05) is 24.6 Å². The second-order valence-electron chi connectivity index (χ2n) is 5.31. The van der Waals surface area contributed by atoms with Crippen molar-refractivity contribution in [2.45, 2.75) is 38.9 Å². The minimum Gasteiger partial charge on any atom is -0.392 e. The van der Waals surface area contributed by atoms with E-state index >= 15 is 0 Å². The molecule has 1 aromatic rings. The fourth-order valence-electron chi connectivity index (χ4n) is 2.70. The molecule has 1 N–H and O–H groups in total. The van der Waals surface area contributed by atoms with E-state index in [1.165, 1.54) is 12.1 Å². The van der Waals surface area contributed by atoms with Crippen molar-refractivity contribution < 1.29 is 14.8 Å². The zero-order chi connectivity index (χ0) is 15.2. The summed E-state index contributed by atoms with van der Waals surface area (Å²) in [5.41, 5.74) is 1.48. The van der Waals surface area contributed by atoms with Crippen LogP contribution in [0.1, 0.15) is 31.7 Å². The lowest BCUT2D eigenvalue weighted by atomic mass is 10.0. The number of piperidine rings is 1. The Bertz CT molecular complexity index is 493. The van der Waals surface area contributed by atoms with Crippen molar-refractivity contribution in [3.63, 3.8) is 0 Å². The van der Waals surface area contributed by atoms with Crippen LogP contribution in [0.3, 0.4) is 0 Å². The quantitative estimate of drug-likeness (QED) is 0.644. The summed E-state index contributed by atoms with van der Waals surface area (Å²) in [7, 11) is 0. The number of nitro groups is 1. The van der Waals surface area contributed by atoms with E-state index in [0.717, 1.165) is 44.6 Å². The minimum atomic E-state index is -0.438. The predicted octanol–water partition coefficient (Wildman–Crippen LogP) is 2.48. The normalized spacial score (nSPS) is 18.8. The van der Waals surface area contributed by atoms with Crippen molar-refractivity contribution in [3.8, 4) is 0 Å². The van der Waals surface area contributed by atoms with E-state index in [1.807, 2.05) is 0 Å². The molecule has 1 aliphatic heterocycles. The highest BCUT2D eigenvalue weighted by molar-refractivity contribution is 5.58. The maximum atomic E-state index is 10.8. The molecule has 1 aromatic carbocycles. The van der Waals surface area contributed by atoms with Crippen LogP contribution in [0.15, 0.2) is 18.2 Å². The lowest BCUT2D eigenvalue weighted by molar-refractivity contribution is -0.384. The second kappa shape index (κ2) is 7.38. The van der Waals surface area contributed by atoms with Gasteiger partial charge in [-0.15, -0.1) is 0 Å². The van der Waals surface area contributed by atoms with E-state index < -0.39 is 4.92 Å². The van der Waals surface area contributed by atoms with Gasteiger partial charge in [-0.2, -0.15) is 0 Å². The molecule has 1 saturated heterocycles. The number of non-ortho nitro benzene ring substituents is 1. The van der Waals surface area contributed by atoms with Crippen molar-refractivity contribution in [3.05, 3.63) is 33.9 Å². The van der Waals surface area contributed by atoms with Crippen LogP contribution in [-0.4, -0.2) is 35.8 Å². The van der Waals surface area contributed by atoms with Crippen LogP contribution in [0.2, 0.25) is 0 Å². The Balaban J connectivity index is 2.14. The Kier molecular flexibility index (Phi) is 5.52. The summed E-state index contributed by atoms with van der Waals surface area (Å²) in [6.45, 7) is 4.29. The topological polar surface area (TPSA) is 75.8 Å². The Morgan fingerprint density at radius 2 is 2.33 bits per heavy atom. The molecule has 0 radical (unpaired) electrons. The summed E-state index contributed by atoms with van der Waals surface area (Å²) in [6.07, 6.45) is 3.25. The number of rotatable bonds is 6. The molecule has 0 spiro atoms. The Labute approximate surface area is 124 Å². The monoisotopic (exact) mass is 294 g/mol. The summed E-state index contributed by atoms with van der Waals surface area (Å²) < 4.78 is 5.81. The van der Waals surface area contributed by atoms with Gasteiger partial charge in [-0.3, -0.25) is 10.1 Å². The molecule has 116 valence electrons. The van der Waals surface area contributed by atoms with Crippen LogP contribution in [0, 0.1) is 10.1 Å². The predicted molar refractivity (Wildman–Crippen MR) is 80.5 cm³/mol. The van der Waals surface area contributed by atoms with E-state index in [1.54, 1.807) is 6.07 Å². The van der Waals surface area contributed by atoms with Gasteiger partial charge >= 0.3 is 0 Å². The van der Waals surface area contributed by atoms with Gasteiger partial charge in [-0.1, -0.05) is 6.92 Å². The molecule has 2 rings (SSSR count). The van der Waals surface area contributed by atoms with Gasteiger partial charge < -0.3 is 14.7 Å². The maximum absolute atomic E-state index is 10.8. The summed E-state index contributed by atoms with van der Waals surface area (Å²) in [4.78, 5) is 12.5. The van der Waals surface area contributed by atoms with E-state index in [9.17, 15) is 15.2 Å². The summed E-state index contributed by atoms with van der Waals surface area (Å²) in [5.74, 6) is 0.